The molecule has 34 heavy (non-hydrogen) atoms. The van der Waals surface area contributed by atoms with Gasteiger partial charge in [0.25, 0.3) is 0 Å². The minimum absolute atomic E-state index is 0.00376. The van der Waals surface area contributed by atoms with Gasteiger partial charge in [-0.05, 0) is 61.4 Å². The van der Waals surface area contributed by atoms with Crippen molar-refractivity contribution in [3.63, 3.8) is 0 Å². The normalized spacial score (nSPS) is 10.4. The minimum Gasteiger partial charge on any atom is -0.494 e. The molecule has 0 bridgehead atoms. The molecule has 0 aliphatic heterocycles. The molecule has 0 N–H and O–H groups in total. The van der Waals surface area contributed by atoms with Crippen molar-refractivity contribution >= 4 is 34.9 Å². The number of hydrogen-bond donors (Lipinski definition) is 0. The van der Waals surface area contributed by atoms with Crippen molar-refractivity contribution in [1.82, 2.24) is 0 Å². The summed E-state index contributed by atoms with van der Waals surface area (Å²) in [5.74, 6) is 1.39. The number of nitrogens with zero attached hydrogens (tertiary/aromatic N) is 1. The zero-order valence-electron chi connectivity index (χ0n) is 18.2. The highest BCUT2D eigenvalue weighted by atomic mass is 35.5. The number of hydrogen-bond acceptors (Lipinski definition) is 7. The quantitative estimate of drug-likeness (QED) is 0.117. The van der Waals surface area contributed by atoms with Crippen LogP contribution in [0.15, 0.2) is 60.7 Å². The third-order valence-corrected chi connectivity index (χ3v) is 5.10. The molecule has 3 aromatic carbocycles. The molecule has 0 spiro atoms. The van der Waals surface area contributed by atoms with E-state index in [1.807, 2.05) is 0 Å². The third-order valence-electron chi connectivity index (χ3n) is 4.57. The van der Waals surface area contributed by atoms with Gasteiger partial charge in [0.15, 0.2) is 0 Å². The third kappa shape index (κ3) is 7.26. The van der Waals surface area contributed by atoms with Crippen LogP contribution in [0.1, 0.15) is 19.3 Å². The summed E-state index contributed by atoms with van der Waals surface area (Å²) < 4.78 is 21.7. The van der Waals surface area contributed by atoms with Crippen LogP contribution in [0.25, 0.3) is 0 Å². The Morgan fingerprint density at radius 2 is 1.56 bits per heavy atom. The lowest BCUT2D eigenvalue weighted by Gasteiger charge is -2.11. The van der Waals surface area contributed by atoms with Crippen LogP contribution in [0.5, 0.6) is 28.7 Å². The zero-order chi connectivity index (χ0) is 24.5. The van der Waals surface area contributed by atoms with Gasteiger partial charge in [0.05, 0.1) is 23.7 Å². The minimum atomic E-state index is -0.541. The summed E-state index contributed by atoms with van der Waals surface area (Å²) in [5, 5.41) is 12.2. The lowest BCUT2D eigenvalue weighted by atomic mass is 10.2. The fourth-order valence-corrected chi connectivity index (χ4v) is 3.32. The highest BCUT2D eigenvalue weighted by molar-refractivity contribution is 6.35. The summed E-state index contributed by atoms with van der Waals surface area (Å²) in [6.07, 6.45) is 1.71. The average molecular weight is 506 g/mol. The van der Waals surface area contributed by atoms with E-state index in [0.29, 0.717) is 58.9 Å². The van der Waals surface area contributed by atoms with Crippen LogP contribution in [-0.2, 0) is 9.53 Å². The van der Waals surface area contributed by atoms with Crippen LogP contribution in [-0.4, -0.2) is 24.6 Å². The van der Waals surface area contributed by atoms with Crippen molar-refractivity contribution < 1.29 is 28.7 Å². The number of esters is 1. The van der Waals surface area contributed by atoms with E-state index in [1.54, 1.807) is 36.4 Å². The van der Waals surface area contributed by atoms with Crippen molar-refractivity contribution in [3.8, 4) is 28.7 Å². The lowest BCUT2D eigenvalue weighted by Crippen LogP contribution is -2.02. The number of benzene rings is 3. The van der Waals surface area contributed by atoms with E-state index < -0.39 is 4.92 Å². The summed E-state index contributed by atoms with van der Waals surface area (Å²) in [4.78, 5) is 22.0. The number of methoxy groups -OCH3 is 1. The van der Waals surface area contributed by atoms with Gasteiger partial charge in [0.1, 0.15) is 23.0 Å². The summed E-state index contributed by atoms with van der Waals surface area (Å²) in [6.45, 7) is 0.440. The van der Waals surface area contributed by atoms with Crippen LogP contribution < -0.4 is 14.2 Å². The molecule has 0 saturated carbocycles. The van der Waals surface area contributed by atoms with Crippen LogP contribution in [0.3, 0.4) is 0 Å². The highest BCUT2D eigenvalue weighted by Gasteiger charge is 2.18. The van der Waals surface area contributed by atoms with Crippen molar-refractivity contribution in [3.05, 3.63) is 80.8 Å². The Hall–Kier alpha value is -3.49. The number of nitro benzene ring substituents is 1. The SMILES string of the molecule is COC(=O)CCCCOc1ccc(Oc2cc(Oc3ccc(Cl)cc3Cl)ccc2[N+](=O)[O-])cc1. The molecule has 0 heterocycles. The Morgan fingerprint density at radius 3 is 2.24 bits per heavy atom. The Labute approximate surface area is 206 Å². The molecule has 0 atom stereocenters. The Morgan fingerprint density at radius 1 is 0.882 bits per heavy atom. The fraction of sp³-hybridized carbons (Fsp3) is 0.208. The second-order valence-electron chi connectivity index (χ2n) is 7.02. The van der Waals surface area contributed by atoms with Gasteiger partial charge < -0.3 is 18.9 Å². The summed E-state index contributed by atoms with van der Waals surface area (Å²) in [5.41, 5.74) is -0.222. The molecule has 0 amide bonds. The van der Waals surface area contributed by atoms with Crippen molar-refractivity contribution in [2.24, 2.45) is 0 Å². The fourth-order valence-electron chi connectivity index (χ4n) is 2.87. The number of halogens is 2. The molecular formula is C24H21Cl2NO7. The number of rotatable bonds is 11. The molecule has 3 aromatic rings. The Bertz CT molecular complexity index is 1150. The molecular weight excluding hydrogens is 485 g/mol. The monoisotopic (exact) mass is 505 g/mol. The molecule has 0 fully saturated rings. The largest absolute Gasteiger partial charge is 0.494 e. The topological polar surface area (TPSA) is 97.1 Å². The maximum absolute atomic E-state index is 11.5. The first-order valence-corrected chi connectivity index (χ1v) is 11.0. The number of ether oxygens (including phenoxy) is 4. The Kier molecular flexibility index (Phi) is 8.95. The van der Waals surface area contributed by atoms with Gasteiger partial charge in [-0.2, -0.15) is 0 Å². The molecule has 0 unspecified atom stereocenters. The van der Waals surface area contributed by atoms with E-state index in [4.69, 9.17) is 37.4 Å². The Balaban J connectivity index is 1.65. The lowest BCUT2D eigenvalue weighted by molar-refractivity contribution is -0.385. The van der Waals surface area contributed by atoms with E-state index in [2.05, 4.69) is 4.74 Å². The molecule has 178 valence electrons. The number of nitro groups is 1. The summed E-state index contributed by atoms with van der Waals surface area (Å²) in [6, 6.07) is 15.6. The number of carbonyl (C=O) groups is 1. The van der Waals surface area contributed by atoms with Crippen LogP contribution in [0, 0.1) is 10.1 Å². The first-order chi connectivity index (χ1) is 16.4. The molecule has 0 aliphatic rings. The maximum atomic E-state index is 11.5. The molecule has 0 saturated heterocycles. The number of unbranched alkanes of at least 4 members (excludes halogenated alkanes) is 1. The second-order valence-corrected chi connectivity index (χ2v) is 7.86. The van der Waals surface area contributed by atoms with Gasteiger partial charge in [-0.15, -0.1) is 0 Å². The van der Waals surface area contributed by atoms with Gasteiger partial charge in [-0.25, -0.2) is 0 Å². The van der Waals surface area contributed by atoms with Gasteiger partial charge in [0, 0.05) is 23.6 Å². The second kappa shape index (κ2) is 12.1. The first kappa shape index (κ1) is 25.1. The summed E-state index contributed by atoms with van der Waals surface area (Å²) in [7, 11) is 1.36. The van der Waals surface area contributed by atoms with E-state index in [1.165, 1.54) is 31.4 Å². The van der Waals surface area contributed by atoms with E-state index in [9.17, 15) is 14.9 Å². The van der Waals surface area contributed by atoms with Crippen LogP contribution in [0.4, 0.5) is 5.69 Å². The highest BCUT2D eigenvalue weighted by Crippen LogP contribution is 2.38. The molecule has 0 aromatic heterocycles. The molecule has 8 nitrogen and oxygen atoms in total. The van der Waals surface area contributed by atoms with Gasteiger partial charge >= 0.3 is 11.7 Å². The summed E-state index contributed by atoms with van der Waals surface area (Å²) >= 11 is 12.0. The van der Waals surface area contributed by atoms with Crippen molar-refractivity contribution in [2.75, 3.05) is 13.7 Å². The van der Waals surface area contributed by atoms with Gasteiger partial charge in [-0.3, -0.25) is 14.9 Å². The number of carbonyl (C=O) groups excluding carboxylic acids is 1. The smallest absolute Gasteiger partial charge is 0.311 e. The predicted octanol–water partition coefficient (Wildman–Crippen LogP) is 7.21. The molecule has 10 heteroatoms. The zero-order valence-corrected chi connectivity index (χ0v) is 19.7. The van der Waals surface area contributed by atoms with Crippen molar-refractivity contribution in [2.45, 2.75) is 19.3 Å². The molecule has 0 aliphatic carbocycles. The van der Waals surface area contributed by atoms with E-state index in [-0.39, 0.29) is 17.4 Å². The van der Waals surface area contributed by atoms with Gasteiger partial charge in [0.2, 0.25) is 5.75 Å². The van der Waals surface area contributed by atoms with E-state index >= 15 is 0 Å². The predicted molar refractivity (Wildman–Crippen MR) is 128 cm³/mol. The standard InChI is InChI=1S/C24H21Cl2NO7/c1-31-24(28)4-2-3-13-32-17-6-8-18(9-7-17)33-23-15-19(10-11-21(23)27(29)30)34-22-12-5-16(25)14-20(22)26/h5-12,14-15H,2-4,13H2,1H3. The van der Waals surface area contributed by atoms with Crippen LogP contribution >= 0.6 is 23.2 Å². The molecule has 3 rings (SSSR count). The van der Waals surface area contributed by atoms with Gasteiger partial charge in [-0.1, -0.05) is 23.2 Å². The van der Waals surface area contributed by atoms with E-state index in [0.717, 1.165) is 0 Å². The molecule has 0 radical (unpaired) electrons. The van der Waals surface area contributed by atoms with Crippen molar-refractivity contribution in [1.29, 1.82) is 0 Å². The maximum Gasteiger partial charge on any atom is 0.311 e. The average Bonchev–Trinajstić information content (AvgIpc) is 2.81. The van der Waals surface area contributed by atoms with Crippen LogP contribution in [0.2, 0.25) is 10.0 Å². The first-order valence-electron chi connectivity index (χ1n) is 10.2.